The minimum atomic E-state index is 0.987. The second-order valence-electron chi connectivity index (χ2n) is 6.56. The largest absolute Gasteiger partial charge is 0.369 e. The Bertz CT molecular complexity index is 611. The molecule has 1 N–H and O–H groups in total. The standard InChI is InChI=1S/C19H28N4/c1-3-4-8-19-20-14-17(21-19)15-22-9-11-23(12-10-22)18-7-5-6-16(2)13-18/h5-7,13-14H,3-4,8-12,15H2,1-2H3,(H,20,21). The number of aryl methyl sites for hydroxylation is 2. The number of aromatic nitrogens is 2. The first-order valence-corrected chi connectivity index (χ1v) is 8.81. The molecule has 1 fully saturated rings. The number of nitrogens with zero attached hydrogens (tertiary/aromatic N) is 3. The Labute approximate surface area is 139 Å². The number of hydrogen-bond donors (Lipinski definition) is 1. The summed E-state index contributed by atoms with van der Waals surface area (Å²) >= 11 is 0. The number of piperazine rings is 1. The molecule has 0 spiro atoms. The van der Waals surface area contributed by atoms with Gasteiger partial charge in [-0.1, -0.05) is 25.5 Å². The molecule has 0 atom stereocenters. The van der Waals surface area contributed by atoms with E-state index in [0.717, 1.165) is 45.0 Å². The molecule has 23 heavy (non-hydrogen) atoms. The molecule has 0 aliphatic carbocycles. The molecule has 1 saturated heterocycles. The van der Waals surface area contributed by atoms with Crippen molar-refractivity contribution in [1.29, 1.82) is 0 Å². The Hall–Kier alpha value is -1.81. The third kappa shape index (κ3) is 4.35. The van der Waals surface area contributed by atoms with Gasteiger partial charge in [0.25, 0.3) is 0 Å². The molecule has 0 unspecified atom stereocenters. The minimum Gasteiger partial charge on any atom is -0.369 e. The van der Waals surface area contributed by atoms with Gasteiger partial charge in [-0.15, -0.1) is 0 Å². The van der Waals surface area contributed by atoms with Gasteiger partial charge in [0.15, 0.2) is 0 Å². The van der Waals surface area contributed by atoms with Crippen LogP contribution in [-0.4, -0.2) is 41.0 Å². The van der Waals surface area contributed by atoms with Crippen LogP contribution in [-0.2, 0) is 13.0 Å². The van der Waals surface area contributed by atoms with Gasteiger partial charge >= 0.3 is 0 Å². The molecule has 1 aliphatic heterocycles. The fourth-order valence-corrected chi connectivity index (χ4v) is 3.19. The van der Waals surface area contributed by atoms with Gasteiger partial charge in [-0.25, -0.2) is 4.98 Å². The van der Waals surface area contributed by atoms with Gasteiger partial charge in [-0.3, -0.25) is 4.90 Å². The van der Waals surface area contributed by atoms with E-state index in [1.165, 1.54) is 29.8 Å². The van der Waals surface area contributed by atoms with Gasteiger partial charge in [0, 0.05) is 56.7 Å². The Kier molecular flexibility index (Phi) is 5.34. The maximum atomic E-state index is 4.50. The van der Waals surface area contributed by atoms with E-state index in [1.807, 2.05) is 6.20 Å². The Balaban J connectivity index is 1.50. The van der Waals surface area contributed by atoms with Crippen molar-refractivity contribution >= 4 is 5.69 Å². The van der Waals surface area contributed by atoms with Gasteiger partial charge in [-0.2, -0.15) is 0 Å². The molecule has 4 nitrogen and oxygen atoms in total. The topological polar surface area (TPSA) is 35.2 Å². The van der Waals surface area contributed by atoms with Crippen molar-refractivity contribution in [2.45, 2.75) is 39.7 Å². The Morgan fingerprint density at radius 2 is 2.00 bits per heavy atom. The molecule has 1 aromatic heterocycles. The summed E-state index contributed by atoms with van der Waals surface area (Å²) in [6.45, 7) is 9.78. The van der Waals surface area contributed by atoms with E-state index in [0.29, 0.717) is 0 Å². The number of imidazole rings is 1. The van der Waals surface area contributed by atoms with Crippen molar-refractivity contribution in [3.63, 3.8) is 0 Å². The van der Waals surface area contributed by atoms with Gasteiger partial charge in [0.05, 0.1) is 0 Å². The van der Waals surface area contributed by atoms with Gasteiger partial charge in [-0.05, 0) is 31.0 Å². The predicted octanol–water partition coefficient (Wildman–Crippen LogP) is 3.38. The lowest BCUT2D eigenvalue weighted by Gasteiger charge is -2.36. The summed E-state index contributed by atoms with van der Waals surface area (Å²) in [5.41, 5.74) is 3.94. The zero-order chi connectivity index (χ0) is 16.1. The van der Waals surface area contributed by atoms with Crippen LogP contribution >= 0.6 is 0 Å². The molecule has 4 heteroatoms. The Morgan fingerprint density at radius 3 is 2.74 bits per heavy atom. The van der Waals surface area contributed by atoms with Crippen LogP contribution < -0.4 is 4.90 Å². The highest BCUT2D eigenvalue weighted by atomic mass is 15.3. The van der Waals surface area contributed by atoms with Crippen molar-refractivity contribution in [2.75, 3.05) is 31.1 Å². The van der Waals surface area contributed by atoms with Crippen LogP contribution in [0.2, 0.25) is 0 Å². The molecule has 1 aromatic carbocycles. The Morgan fingerprint density at radius 1 is 1.17 bits per heavy atom. The highest BCUT2D eigenvalue weighted by Crippen LogP contribution is 2.18. The van der Waals surface area contributed by atoms with Crippen molar-refractivity contribution in [3.05, 3.63) is 47.5 Å². The van der Waals surface area contributed by atoms with E-state index < -0.39 is 0 Å². The summed E-state index contributed by atoms with van der Waals surface area (Å²) < 4.78 is 0. The number of aromatic amines is 1. The number of hydrogen-bond acceptors (Lipinski definition) is 3. The van der Waals surface area contributed by atoms with Gasteiger partial charge in [0.2, 0.25) is 0 Å². The smallest absolute Gasteiger partial charge is 0.106 e. The van der Waals surface area contributed by atoms with Crippen LogP contribution in [0.4, 0.5) is 5.69 Å². The minimum absolute atomic E-state index is 0.987. The SMILES string of the molecule is CCCCc1ncc(CN2CCN(c3cccc(C)c3)CC2)[nH]1. The van der Waals surface area contributed by atoms with E-state index in [4.69, 9.17) is 0 Å². The highest BCUT2D eigenvalue weighted by Gasteiger charge is 2.18. The molecule has 1 aliphatic rings. The van der Waals surface area contributed by atoms with E-state index in [9.17, 15) is 0 Å². The van der Waals surface area contributed by atoms with E-state index in [2.05, 4.69) is 57.9 Å². The zero-order valence-corrected chi connectivity index (χ0v) is 14.4. The average Bonchev–Trinajstić information content (AvgIpc) is 3.01. The summed E-state index contributed by atoms with van der Waals surface area (Å²) in [6.07, 6.45) is 5.51. The molecule has 124 valence electrons. The number of unbranched alkanes of at least 4 members (excludes halogenated alkanes) is 1. The van der Waals surface area contributed by atoms with Crippen LogP contribution in [0.3, 0.4) is 0 Å². The molecule has 0 amide bonds. The fourth-order valence-electron chi connectivity index (χ4n) is 3.19. The number of benzene rings is 1. The molecule has 2 aromatic rings. The first kappa shape index (κ1) is 16.1. The highest BCUT2D eigenvalue weighted by molar-refractivity contribution is 5.48. The molecule has 0 radical (unpaired) electrons. The maximum Gasteiger partial charge on any atom is 0.106 e. The molecule has 0 saturated carbocycles. The van der Waals surface area contributed by atoms with E-state index in [-0.39, 0.29) is 0 Å². The van der Waals surface area contributed by atoms with Crippen molar-refractivity contribution < 1.29 is 0 Å². The number of nitrogens with one attached hydrogen (secondary N) is 1. The van der Waals surface area contributed by atoms with Crippen LogP contribution in [0.25, 0.3) is 0 Å². The fraction of sp³-hybridized carbons (Fsp3) is 0.526. The van der Waals surface area contributed by atoms with Gasteiger partial charge < -0.3 is 9.88 Å². The summed E-state index contributed by atoms with van der Waals surface area (Å²) in [5.74, 6) is 1.14. The zero-order valence-electron chi connectivity index (χ0n) is 14.4. The van der Waals surface area contributed by atoms with E-state index >= 15 is 0 Å². The van der Waals surface area contributed by atoms with Crippen molar-refractivity contribution in [2.24, 2.45) is 0 Å². The van der Waals surface area contributed by atoms with Crippen LogP contribution in [0.5, 0.6) is 0 Å². The number of H-pyrrole nitrogens is 1. The lowest BCUT2D eigenvalue weighted by atomic mass is 10.2. The summed E-state index contributed by atoms with van der Waals surface area (Å²) in [4.78, 5) is 13.0. The molecule has 3 rings (SSSR count). The molecular weight excluding hydrogens is 284 g/mol. The number of rotatable bonds is 6. The first-order valence-electron chi connectivity index (χ1n) is 8.81. The van der Waals surface area contributed by atoms with Crippen LogP contribution in [0.1, 0.15) is 36.8 Å². The quantitative estimate of drug-likeness (QED) is 0.888. The third-order valence-electron chi connectivity index (χ3n) is 4.58. The third-order valence-corrected chi connectivity index (χ3v) is 4.58. The normalized spacial score (nSPS) is 16.0. The van der Waals surface area contributed by atoms with Crippen molar-refractivity contribution in [3.8, 4) is 0 Å². The molecule has 2 heterocycles. The second-order valence-corrected chi connectivity index (χ2v) is 6.56. The van der Waals surface area contributed by atoms with Crippen molar-refractivity contribution in [1.82, 2.24) is 14.9 Å². The second kappa shape index (κ2) is 7.64. The number of anilines is 1. The molecular formula is C19H28N4. The predicted molar refractivity (Wildman–Crippen MR) is 95.9 cm³/mol. The van der Waals surface area contributed by atoms with Gasteiger partial charge in [0.1, 0.15) is 5.82 Å². The monoisotopic (exact) mass is 312 g/mol. The maximum absolute atomic E-state index is 4.50. The van der Waals surface area contributed by atoms with Crippen LogP contribution in [0, 0.1) is 6.92 Å². The summed E-state index contributed by atoms with van der Waals surface area (Å²) in [7, 11) is 0. The molecule has 0 bridgehead atoms. The lowest BCUT2D eigenvalue weighted by Crippen LogP contribution is -2.46. The summed E-state index contributed by atoms with van der Waals surface area (Å²) in [6, 6.07) is 8.82. The first-order chi connectivity index (χ1) is 11.2. The van der Waals surface area contributed by atoms with E-state index in [1.54, 1.807) is 0 Å². The summed E-state index contributed by atoms with van der Waals surface area (Å²) in [5, 5.41) is 0. The lowest BCUT2D eigenvalue weighted by molar-refractivity contribution is 0.247. The van der Waals surface area contributed by atoms with Crippen LogP contribution in [0.15, 0.2) is 30.5 Å². The average molecular weight is 312 g/mol.